The van der Waals surface area contributed by atoms with E-state index in [-0.39, 0.29) is 5.95 Å². The monoisotopic (exact) mass is 261 g/mol. The molecule has 2 aromatic rings. The summed E-state index contributed by atoms with van der Waals surface area (Å²) >= 11 is 5.03. The zero-order valence-corrected chi connectivity index (χ0v) is 9.75. The van der Waals surface area contributed by atoms with E-state index in [2.05, 4.69) is 15.5 Å². The van der Waals surface area contributed by atoms with Gasteiger partial charge in [-0.2, -0.15) is 0 Å². The van der Waals surface area contributed by atoms with Crippen LogP contribution in [0.15, 0.2) is 18.2 Å². The minimum Gasteiger partial charge on any atom is -0.368 e. The summed E-state index contributed by atoms with van der Waals surface area (Å²) in [5.41, 5.74) is 6.90. The predicted octanol–water partition coefficient (Wildman–Crippen LogP) is 0.396. The van der Waals surface area contributed by atoms with Crippen molar-refractivity contribution >= 4 is 30.0 Å². The maximum Gasteiger partial charge on any atom is 0.259 e. The number of anilines is 1. The van der Waals surface area contributed by atoms with Gasteiger partial charge in [0.1, 0.15) is 0 Å². The Hall–Kier alpha value is -2.48. The minimum atomic E-state index is -0.426. The van der Waals surface area contributed by atoms with E-state index in [1.807, 2.05) is 0 Å². The molecule has 0 saturated heterocycles. The van der Waals surface area contributed by atoms with Gasteiger partial charge in [0.2, 0.25) is 10.7 Å². The van der Waals surface area contributed by atoms with Crippen molar-refractivity contribution < 1.29 is 9.59 Å². The molecule has 7 nitrogen and oxygen atoms in total. The van der Waals surface area contributed by atoms with Gasteiger partial charge in [0.15, 0.2) is 0 Å². The summed E-state index contributed by atoms with van der Waals surface area (Å²) in [6.07, 6.45) is 0. The second-order valence-electron chi connectivity index (χ2n) is 3.74. The van der Waals surface area contributed by atoms with Crippen LogP contribution in [0.4, 0.5) is 5.95 Å². The van der Waals surface area contributed by atoms with Crippen molar-refractivity contribution in [2.24, 2.45) is 0 Å². The molecule has 0 saturated carbocycles. The summed E-state index contributed by atoms with van der Waals surface area (Å²) in [6, 6.07) is 4.76. The molecule has 1 aromatic carbocycles. The second-order valence-corrected chi connectivity index (χ2v) is 4.12. The topological polar surface area (TPSA) is 106 Å². The van der Waals surface area contributed by atoms with Crippen molar-refractivity contribution in [1.29, 1.82) is 0 Å². The SMILES string of the molecule is Nc1n[nH]c(=S)n1-c1ccc2c(c1)C(=O)NC2=O. The number of imide groups is 1. The lowest BCUT2D eigenvalue weighted by Crippen LogP contribution is -2.19. The minimum absolute atomic E-state index is 0.185. The van der Waals surface area contributed by atoms with Gasteiger partial charge in [-0.3, -0.25) is 19.5 Å². The molecule has 8 heteroatoms. The summed E-state index contributed by atoms with van der Waals surface area (Å²) in [5, 5.41) is 8.54. The highest BCUT2D eigenvalue weighted by Crippen LogP contribution is 2.21. The van der Waals surface area contributed by atoms with Crippen LogP contribution in [0, 0.1) is 4.77 Å². The third-order valence-corrected chi connectivity index (χ3v) is 2.95. The first-order chi connectivity index (χ1) is 8.58. The number of amides is 2. The Morgan fingerprint density at radius 3 is 2.61 bits per heavy atom. The molecule has 4 N–H and O–H groups in total. The molecule has 2 heterocycles. The third kappa shape index (κ3) is 1.36. The Morgan fingerprint density at radius 2 is 1.94 bits per heavy atom. The van der Waals surface area contributed by atoms with Crippen molar-refractivity contribution in [2.45, 2.75) is 0 Å². The van der Waals surface area contributed by atoms with Crippen LogP contribution in [0.1, 0.15) is 20.7 Å². The zero-order chi connectivity index (χ0) is 12.9. The number of hydrogen-bond acceptors (Lipinski definition) is 5. The second kappa shape index (κ2) is 3.50. The van der Waals surface area contributed by atoms with Crippen molar-refractivity contribution in [1.82, 2.24) is 20.1 Å². The fourth-order valence-electron chi connectivity index (χ4n) is 1.85. The highest BCUT2D eigenvalue weighted by Gasteiger charge is 2.27. The lowest BCUT2D eigenvalue weighted by atomic mass is 10.1. The van der Waals surface area contributed by atoms with Gasteiger partial charge >= 0.3 is 0 Å². The number of nitrogen functional groups attached to an aromatic ring is 1. The molecule has 1 aliphatic heterocycles. The van der Waals surface area contributed by atoms with Crippen molar-refractivity contribution in [2.75, 3.05) is 5.73 Å². The molecule has 1 aliphatic rings. The molecule has 18 heavy (non-hydrogen) atoms. The highest BCUT2D eigenvalue weighted by atomic mass is 32.1. The lowest BCUT2D eigenvalue weighted by Gasteiger charge is -2.04. The van der Waals surface area contributed by atoms with Crippen molar-refractivity contribution in [3.8, 4) is 5.69 Å². The Bertz CT molecular complexity index is 745. The standard InChI is InChI=1S/C10H7N5O2S/c11-9-13-14-10(18)15(9)4-1-2-5-6(3-4)8(17)12-7(5)16/h1-3H,(H2,11,13)(H,14,18)(H,12,16,17). The van der Waals surface area contributed by atoms with Gasteiger partial charge in [-0.05, 0) is 30.4 Å². The zero-order valence-electron chi connectivity index (χ0n) is 8.93. The van der Waals surface area contributed by atoms with Gasteiger partial charge in [-0.1, -0.05) is 0 Å². The van der Waals surface area contributed by atoms with Gasteiger partial charge < -0.3 is 5.73 Å². The smallest absolute Gasteiger partial charge is 0.259 e. The number of fused-ring (bicyclic) bond motifs is 1. The maximum absolute atomic E-state index is 11.5. The van der Waals surface area contributed by atoms with E-state index in [0.717, 1.165) is 0 Å². The predicted molar refractivity (Wildman–Crippen MR) is 65.0 cm³/mol. The summed E-state index contributed by atoms with van der Waals surface area (Å²) in [5.74, 6) is -0.638. The lowest BCUT2D eigenvalue weighted by molar-refractivity contribution is 0.0879. The Labute approximate surface area is 106 Å². The van der Waals surface area contributed by atoms with E-state index in [0.29, 0.717) is 21.6 Å². The quantitative estimate of drug-likeness (QED) is 0.509. The number of carbonyl (C=O) groups excluding carboxylic acids is 2. The van der Waals surface area contributed by atoms with Crippen molar-refractivity contribution in [3.05, 3.63) is 34.1 Å². The van der Waals surface area contributed by atoms with E-state index in [4.69, 9.17) is 18.0 Å². The molecule has 0 atom stereocenters. The van der Waals surface area contributed by atoms with Gasteiger partial charge in [-0.25, -0.2) is 5.10 Å². The Kier molecular flexibility index (Phi) is 2.08. The van der Waals surface area contributed by atoms with Gasteiger partial charge in [0.25, 0.3) is 11.8 Å². The van der Waals surface area contributed by atoms with E-state index < -0.39 is 11.8 Å². The number of carbonyl (C=O) groups is 2. The number of aromatic amines is 1. The van der Waals surface area contributed by atoms with Crippen LogP contribution in [0.2, 0.25) is 0 Å². The fourth-order valence-corrected chi connectivity index (χ4v) is 2.10. The number of benzene rings is 1. The summed E-state index contributed by atoms with van der Waals surface area (Å²) < 4.78 is 1.79. The Balaban J connectivity index is 2.23. The first kappa shape index (κ1) is 10.7. The fraction of sp³-hybridized carbons (Fsp3) is 0. The number of hydrogen-bond donors (Lipinski definition) is 3. The van der Waals surface area contributed by atoms with E-state index in [9.17, 15) is 9.59 Å². The summed E-state index contributed by atoms with van der Waals surface area (Å²) in [4.78, 5) is 23.0. The van der Waals surface area contributed by atoms with E-state index >= 15 is 0 Å². The highest BCUT2D eigenvalue weighted by molar-refractivity contribution is 7.71. The molecule has 2 amide bonds. The molecular weight excluding hydrogens is 254 g/mol. The normalized spacial score (nSPS) is 13.6. The van der Waals surface area contributed by atoms with Crippen molar-refractivity contribution in [3.63, 3.8) is 0 Å². The third-order valence-electron chi connectivity index (χ3n) is 2.68. The van der Waals surface area contributed by atoms with E-state index in [1.54, 1.807) is 18.2 Å². The molecule has 0 aliphatic carbocycles. The van der Waals surface area contributed by atoms with Crippen LogP contribution >= 0.6 is 12.2 Å². The summed E-state index contributed by atoms with van der Waals surface area (Å²) in [6.45, 7) is 0. The van der Waals surface area contributed by atoms with Gasteiger partial charge in [-0.15, -0.1) is 5.10 Å². The molecule has 0 unspecified atom stereocenters. The average Bonchev–Trinajstić information content (AvgIpc) is 2.81. The number of nitrogens with zero attached hydrogens (tertiary/aromatic N) is 2. The maximum atomic E-state index is 11.5. The van der Waals surface area contributed by atoms with Crippen LogP contribution in [-0.4, -0.2) is 26.6 Å². The number of nitrogens with one attached hydrogen (secondary N) is 2. The van der Waals surface area contributed by atoms with Gasteiger partial charge in [0.05, 0.1) is 16.8 Å². The molecule has 0 radical (unpaired) electrons. The Morgan fingerprint density at radius 1 is 1.22 bits per heavy atom. The van der Waals surface area contributed by atoms with Gasteiger partial charge in [0, 0.05) is 0 Å². The number of H-pyrrole nitrogens is 1. The molecule has 90 valence electrons. The molecule has 0 spiro atoms. The van der Waals surface area contributed by atoms with Crippen LogP contribution < -0.4 is 11.1 Å². The molecular formula is C10H7N5O2S. The number of rotatable bonds is 1. The first-order valence-corrected chi connectivity index (χ1v) is 5.42. The molecule has 3 rings (SSSR count). The van der Waals surface area contributed by atoms with Crippen LogP contribution in [0.3, 0.4) is 0 Å². The summed E-state index contributed by atoms with van der Waals surface area (Å²) in [7, 11) is 0. The van der Waals surface area contributed by atoms with Crippen LogP contribution in [0.5, 0.6) is 0 Å². The molecule has 0 bridgehead atoms. The number of aromatic nitrogens is 3. The average molecular weight is 261 g/mol. The molecule has 1 aromatic heterocycles. The first-order valence-electron chi connectivity index (χ1n) is 5.01. The van der Waals surface area contributed by atoms with E-state index in [1.165, 1.54) is 4.57 Å². The largest absolute Gasteiger partial charge is 0.368 e. The van der Waals surface area contributed by atoms with Crippen LogP contribution in [-0.2, 0) is 0 Å². The number of nitrogens with two attached hydrogens (primary N) is 1. The van der Waals surface area contributed by atoms with Crippen LogP contribution in [0.25, 0.3) is 5.69 Å². The molecule has 0 fully saturated rings.